The van der Waals surface area contributed by atoms with Gasteiger partial charge in [-0.2, -0.15) is 0 Å². The van der Waals surface area contributed by atoms with E-state index in [1.54, 1.807) is 19.5 Å². The lowest BCUT2D eigenvalue weighted by atomic mass is 9.99. The van der Waals surface area contributed by atoms with Gasteiger partial charge >= 0.3 is 0 Å². The largest absolute Gasteiger partial charge is 0.494 e. The number of carbonyl (C=O) groups excluding carboxylic acids is 1. The lowest BCUT2D eigenvalue weighted by molar-refractivity contribution is 0.102. The minimum atomic E-state index is -0.334. The molecule has 9 heteroatoms. The summed E-state index contributed by atoms with van der Waals surface area (Å²) in [5.41, 5.74) is 3.49. The first-order chi connectivity index (χ1) is 14.5. The summed E-state index contributed by atoms with van der Waals surface area (Å²) in [4.78, 5) is 21.6. The summed E-state index contributed by atoms with van der Waals surface area (Å²) in [5.74, 6) is 0.247. The molecule has 3 heterocycles. The van der Waals surface area contributed by atoms with E-state index in [4.69, 9.17) is 9.47 Å². The molecule has 0 spiro atoms. The highest BCUT2D eigenvalue weighted by atomic mass is 32.1. The molecule has 0 bridgehead atoms. The third-order valence-electron chi connectivity index (χ3n) is 4.66. The summed E-state index contributed by atoms with van der Waals surface area (Å²) in [5, 5.41) is 11.7. The molecule has 0 aromatic carbocycles. The first kappa shape index (κ1) is 20.0. The smallest absolute Gasteiger partial charge is 0.296 e. The maximum atomic E-state index is 13.0. The Kier molecular flexibility index (Phi) is 5.71. The number of methoxy groups -OCH3 is 1. The number of ether oxygens (including phenoxy) is 2. The van der Waals surface area contributed by atoms with Crippen LogP contribution < -0.4 is 14.8 Å². The number of hydrogen-bond acceptors (Lipinski definition) is 8. The average molecular weight is 423 g/mol. The van der Waals surface area contributed by atoms with E-state index in [1.807, 2.05) is 26.0 Å². The Hall–Kier alpha value is -3.33. The first-order valence-corrected chi connectivity index (χ1v) is 10.3. The Morgan fingerprint density at radius 2 is 1.77 bits per heavy atom. The summed E-state index contributed by atoms with van der Waals surface area (Å²) in [7, 11) is 1.58. The number of nitrogens with one attached hydrogen (secondary N) is 1. The van der Waals surface area contributed by atoms with Gasteiger partial charge in [0.05, 0.1) is 18.9 Å². The Morgan fingerprint density at radius 3 is 2.50 bits per heavy atom. The van der Waals surface area contributed by atoms with E-state index in [-0.39, 0.29) is 12.0 Å². The standard InChI is InChI=1S/C21H21N5O3S/c1-12-8-15(16-9-13(2)23-11-18(16)28-3)17(10-22-12)19(27)24-20-25-26-21(30-20)29-14-6-4-5-7-14/h4-5,8-11,14H,6-7H2,1-3H3,(H,24,25,27). The van der Waals surface area contributed by atoms with Gasteiger partial charge < -0.3 is 9.47 Å². The van der Waals surface area contributed by atoms with Crippen molar-refractivity contribution in [2.45, 2.75) is 32.8 Å². The van der Waals surface area contributed by atoms with E-state index in [0.717, 1.165) is 29.8 Å². The second-order valence-corrected chi connectivity index (χ2v) is 7.85. The molecule has 3 aromatic heterocycles. The van der Waals surface area contributed by atoms with Crippen molar-refractivity contribution in [3.05, 3.63) is 53.6 Å². The maximum Gasteiger partial charge on any atom is 0.296 e. The molecule has 0 fully saturated rings. The van der Waals surface area contributed by atoms with Crippen LogP contribution in [-0.4, -0.2) is 39.3 Å². The van der Waals surface area contributed by atoms with Gasteiger partial charge in [-0.3, -0.25) is 20.1 Å². The molecule has 4 rings (SSSR count). The van der Waals surface area contributed by atoms with Crippen LogP contribution in [-0.2, 0) is 0 Å². The minimum Gasteiger partial charge on any atom is -0.494 e. The molecule has 1 aliphatic rings. The van der Waals surface area contributed by atoms with Gasteiger partial charge in [-0.15, -0.1) is 5.10 Å². The van der Waals surface area contributed by atoms with Crippen molar-refractivity contribution in [2.75, 3.05) is 12.4 Å². The van der Waals surface area contributed by atoms with Crippen molar-refractivity contribution in [2.24, 2.45) is 0 Å². The second kappa shape index (κ2) is 8.58. The monoisotopic (exact) mass is 423 g/mol. The minimum absolute atomic E-state index is 0.0804. The van der Waals surface area contributed by atoms with Gasteiger partial charge in [-0.25, -0.2) is 0 Å². The normalized spacial score (nSPS) is 13.4. The van der Waals surface area contributed by atoms with E-state index < -0.39 is 0 Å². The quantitative estimate of drug-likeness (QED) is 0.599. The van der Waals surface area contributed by atoms with Crippen LogP contribution in [0, 0.1) is 13.8 Å². The zero-order valence-corrected chi connectivity index (χ0v) is 17.7. The van der Waals surface area contributed by atoms with Crippen molar-refractivity contribution in [3.63, 3.8) is 0 Å². The van der Waals surface area contributed by atoms with Crippen molar-refractivity contribution in [1.82, 2.24) is 20.2 Å². The van der Waals surface area contributed by atoms with Crippen LogP contribution in [0.1, 0.15) is 34.6 Å². The van der Waals surface area contributed by atoms with Gasteiger partial charge in [0, 0.05) is 41.6 Å². The summed E-state index contributed by atoms with van der Waals surface area (Å²) >= 11 is 1.20. The third kappa shape index (κ3) is 4.30. The number of aromatic nitrogens is 4. The average Bonchev–Trinajstić information content (AvgIpc) is 3.40. The van der Waals surface area contributed by atoms with Crippen LogP contribution >= 0.6 is 11.3 Å². The SMILES string of the molecule is COc1cnc(C)cc1-c1cc(C)ncc1C(=O)Nc1nnc(OC2CC=CC2)s1. The molecule has 0 saturated heterocycles. The molecular formula is C21H21N5O3S. The van der Waals surface area contributed by atoms with E-state index >= 15 is 0 Å². The maximum absolute atomic E-state index is 13.0. The van der Waals surface area contributed by atoms with Crippen LogP contribution in [0.2, 0.25) is 0 Å². The molecule has 0 unspecified atom stereocenters. The second-order valence-electron chi connectivity index (χ2n) is 6.91. The number of amides is 1. The molecule has 30 heavy (non-hydrogen) atoms. The molecule has 0 aliphatic heterocycles. The van der Waals surface area contributed by atoms with Gasteiger partial charge in [0.1, 0.15) is 11.9 Å². The van der Waals surface area contributed by atoms with Crippen LogP contribution in [0.5, 0.6) is 10.9 Å². The lowest BCUT2D eigenvalue weighted by Gasteiger charge is -2.13. The number of hydrogen-bond donors (Lipinski definition) is 1. The predicted octanol–water partition coefficient (Wildman–Crippen LogP) is 3.97. The van der Waals surface area contributed by atoms with E-state index in [2.05, 4.69) is 37.6 Å². The van der Waals surface area contributed by atoms with Crippen LogP contribution in [0.3, 0.4) is 0 Å². The zero-order valence-electron chi connectivity index (χ0n) is 16.9. The number of aryl methyl sites for hydroxylation is 2. The van der Waals surface area contributed by atoms with E-state index in [0.29, 0.717) is 27.2 Å². The lowest BCUT2D eigenvalue weighted by Crippen LogP contribution is -2.14. The highest BCUT2D eigenvalue weighted by molar-refractivity contribution is 7.17. The molecule has 1 N–H and O–H groups in total. The van der Waals surface area contributed by atoms with E-state index in [1.165, 1.54) is 11.3 Å². The van der Waals surface area contributed by atoms with Gasteiger partial charge in [-0.1, -0.05) is 17.3 Å². The summed E-state index contributed by atoms with van der Waals surface area (Å²) in [6, 6.07) is 3.74. The van der Waals surface area contributed by atoms with Crippen molar-refractivity contribution in [3.8, 4) is 22.1 Å². The zero-order chi connectivity index (χ0) is 21.1. The number of carbonyl (C=O) groups is 1. The highest BCUT2D eigenvalue weighted by Gasteiger charge is 2.20. The van der Waals surface area contributed by atoms with Gasteiger partial charge in [0.15, 0.2) is 0 Å². The molecule has 3 aromatic rings. The fourth-order valence-electron chi connectivity index (χ4n) is 3.19. The molecule has 0 saturated carbocycles. The van der Waals surface area contributed by atoms with Crippen molar-refractivity contribution in [1.29, 1.82) is 0 Å². The summed E-state index contributed by atoms with van der Waals surface area (Å²) < 4.78 is 11.2. The number of pyridine rings is 2. The van der Waals surface area contributed by atoms with Crippen molar-refractivity contribution >= 4 is 22.4 Å². The first-order valence-electron chi connectivity index (χ1n) is 9.47. The fourth-order valence-corrected chi connectivity index (χ4v) is 3.84. The molecule has 1 aliphatic carbocycles. The van der Waals surface area contributed by atoms with Gasteiger partial charge in [0.25, 0.3) is 11.1 Å². The molecule has 1 amide bonds. The number of nitrogens with zero attached hydrogens (tertiary/aromatic N) is 4. The Morgan fingerprint density at radius 1 is 1.07 bits per heavy atom. The Labute approximate surface area is 178 Å². The molecule has 8 nitrogen and oxygen atoms in total. The van der Waals surface area contributed by atoms with E-state index in [9.17, 15) is 4.79 Å². The predicted molar refractivity (Wildman–Crippen MR) is 114 cm³/mol. The van der Waals surface area contributed by atoms with Crippen molar-refractivity contribution < 1.29 is 14.3 Å². The van der Waals surface area contributed by atoms with Crippen LogP contribution in [0.25, 0.3) is 11.1 Å². The summed E-state index contributed by atoms with van der Waals surface area (Å²) in [6.45, 7) is 3.76. The fraction of sp³-hybridized carbons (Fsp3) is 0.286. The topological polar surface area (TPSA) is 99.1 Å². The molecule has 154 valence electrons. The van der Waals surface area contributed by atoms with Crippen LogP contribution in [0.15, 0.2) is 36.7 Å². The highest BCUT2D eigenvalue weighted by Crippen LogP contribution is 2.33. The Bertz CT molecular complexity index is 1100. The number of rotatable bonds is 6. The van der Waals surface area contributed by atoms with Gasteiger partial charge in [-0.05, 0) is 37.3 Å². The number of anilines is 1. The molecule has 0 radical (unpaired) electrons. The van der Waals surface area contributed by atoms with Gasteiger partial charge in [0.2, 0.25) is 5.13 Å². The van der Waals surface area contributed by atoms with Crippen LogP contribution in [0.4, 0.5) is 5.13 Å². The summed E-state index contributed by atoms with van der Waals surface area (Å²) in [6.07, 6.45) is 9.15. The Balaban J connectivity index is 1.59. The third-order valence-corrected chi connectivity index (χ3v) is 5.39. The molecular weight excluding hydrogens is 402 g/mol. The molecule has 0 atom stereocenters.